The minimum Gasteiger partial charge on any atom is -0.432 e. The van der Waals surface area contributed by atoms with Gasteiger partial charge in [0.15, 0.2) is 0 Å². The van der Waals surface area contributed by atoms with Gasteiger partial charge in [-0.25, -0.2) is 9.59 Å². The third-order valence-corrected chi connectivity index (χ3v) is 18.6. The number of morpholine rings is 2. The van der Waals surface area contributed by atoms with Gasteiger partial charge in [0, 0.05) is 84.5 Å². The van der Waals surface area contributed by atoms with Crippen LogP contribution >= 0.6 is 92.6 Å². The lowest BCUT2D eigenvalue weighted by Crippen LogP contribution is -2.50. The normalized spacial score (nSPS) is 19.2. The fraction of sp³-hybridized carbons (Fsp3) is 0.310. The zero-order valence-corrected chi connectivity index (χ0v) is 50.7. The van der Waals surface area contributed by atoms with Crippen molar-refractivity contribution in [2.45, 2.75) is 33.7 Å². The number of carbonyl (C=O) groups is 4. The summed E-state index contributed by atoms with van der Waals surface area (Å²) < 4.78 is 42.8. The second kappa shape index (κ2) is 28.9. The quantitative estimate of drug-likeness (QED) is 0.0614. The Hall–Kier alpha value is -5.46. The third kappa shape index (κ3) is 14.9. The Morgan fingerprint density at radius 2 is 0.939 bits per heavy atom. The molecule has 0 aliphatic carbocycles. The van der Waals surface area contributed by atoms with Crippen LogP contribution < -0.4 is 20.4 Å². The van der Waals surface area contributed by atoms with E-state index in [1.807, 2.05) is 82.2 Å². The Morgan fingerprint density at radius 1 is 0.549 bits per heavy atom. The highest BCUT2D eigenvalue weighted by atomic mass is 35.5. The molecule has 2 N–H and O–H groups in total. The van der Waals surface area contributed by atoms with Gasteiger partial charge in [-0.3, -0.25) is 9.59 Å². The summed E-state index contributed by atoms with van der Waals surface area (Å²) in [6, 6.07) is 30.1. The Bertz CT molecular complexity index is 3040. The van der Waals surface area contributed by atoms with E-state index in [9.17, 15) is 19.2 Å². The summed E-state index contributed by atoms with van der Waals surface area (Å²) in [5.41, 5.74) is 3.58. The molecule has 2 fully saturated rings. The number of thiophene rings is 2. The van der Waals surface area contributed by atoms with Gasteiger partial charge in [-0.2, -0.15) is 22.7 Å². The van der Waals surface area contributed by atoms with Gasteiger partial charge in [0.05, 0.1) is 60.8 Å². The van der Waals surface area contributed by atoms with Crippen molar-refractivity contribution in [1.82, 2.24) is 10.6 Å². The van der Waals surface area contributed by atoms with Crippen molar-refractivity contribution in [3.63, 3.8) is 0 Å². The minimum atomic E-state index is -0.995. The largest absolute Gasteiger partial charge is 0.513 e. The molecule has 2 saturated heterocycles. The maximum Gasteiger partial charge on any atom is 0.513 e. The molecule has 10 rings (SSSR count). The topological polar surface area (TPSA) is 173 Å². The Labute approximate surface area is 511 Å². The first-order chi connectivity index (χ1) is 39.8. The van der Waals surface area contributed by atoms with Crippen LogP contribution in [0.15, 0.2) is 150 Å². The number of anilines is 2. The summed E-state index contributed by atoms with van der Waals surface area (Å²) in [6.45, 7) is 6.40. The first kappa shape index (κ1) is 61.1. The number of rotatable bonds is 18. The number of carbonyl (C=O) groups excluding carboxylic acids is 4. The fourth-order valence-corrected chi connectivity index (χ4v) is 13.8. The van der Waals surface area contributed by atoms with Crippen LogP contribution in [0.3, 0.4) is 0 Å². The SMILES string of the molecule is COCCOC(=O)OC1=C(Sc2cc(Cl)ccc2Cl)C(=O)N[C@@](c2ccc(N3CCOCC3)cc2)(c2ccsc2)C1.COCCOC(=O)OC1=C(Sc2cc(Cl)ccc2Cl)C(=O)N[C@](c2ccc(N3CCOCC3)cc2)(c2ccsc2)C1. The molecule has 432 valence electrons. The highest BCUT2D eigenvalue weighted by Gasteiger charge is 2.46. The lowest BCUT2D eigenvalue weighted by molar-refractivity contribution is -0.120. The van der Waals surface area contributed by atoms with E-state index in [0.29, 0.717) is 56.3 Å². The predicted octanol–water partition coefficient (Wildman–Crippen LogP) is 12.9. The van der Waals surface area contributed by atoms with E-state index in [0.717, 1.165) is 83.3 Å². The molecule has 0 spiro atoms. The molecule has 2 aromatic heterocycles. The predicted molar refractivity (Wildman–Crippen MR) is 322 cm³/mol. The molecule has 4 aliphatic rings. The summed E-state index contributed by atoms with van der Waals surface area (Å²) in [5, 5.41) is 16.1. The average molecular weight is 1270 g/mol. The molecule has 24 heteroatoms. The first-order valence-electron chi connectivity index (χ1n) is 25.7. The van der Waals surface area contributed by atoms with Gasteiger partial charge < -0.3 is 58.3 Å². The standard InChI is InChI=1S/2C29H28Cl2N2O6S2/c2*1-36-13-14-38-28(35)39-24-17-29(20-8-15-40-18-20,19-2-5-22(6-3-19)33-9-11-37-12-10-33)32-27(34)26(24)41-25-16-21(30)4-7-23(25)31/h2*2-8,15-16,18H,9-14,17H2,1H3,(H,32,34)/t2*29-/m10/s1. The molecule has 0 bridgehead atoms. The highest BCUT2D eigenvalue weighted by Crippen LogP contribution is 2.48. The second-order valence-electron chi connectivity index (χ2n) is 18.6. The number of amides is 2. The molecule has 16 nitrogen and oxygen atoms in total. The van der Waals surface area contributed by atoms with Crippen LogP contribution in [0.25, 0.3) is 0 Å². The van der Waals surface area contributed by atoms with Crippen molar-refractivity contribution in [3.8, 4) is 0 Å². The highest BCUT2D eigenvalue weighted by molar-refractivity contribution is 8.04. The molecule has 0 saturated carbocycles. The molecule has 6 aromatic rings. The average Bonchev–Trinajstić information content (AvgIpc) is 3.48. The molecular weight excluding hydrogens is 1210 g/mol. The fourth-order valence-electron chi connectivity index (χ4n) is 9.47. The maximum atomic E-state index is 13.9. The molecule has 2 atom stereocenters. The van der Waals surface area contributed by atoms with Crippen molar-refractivity contribution in [3.05, 3.63) is 182 Å². The van der Waals surface area contributed by atoms with Gasteiger partial charge in [0.25, 0.3) is 11.8 Å². The summed E-state index contributed by atoms with van der Waals surface area (Å²) in [6.07, 6.45) is -1.54. The molecule has 4 aliphatic heterocycles. The molecule has 2 amide bonds. The van der Waals surface area contributed by atoms with Gasteiger partial charge in [0.1, 0.15) is 34.5 Å². The number of benzene rings is 4. The van der Waals surface area contributed by atoms with Crippen molar-refractivity contribution in [2.24, 2.45) is 0 Å². The Morgan fingerprint density at radius 3 is 1.29 bits per heavy atom. The van der Waals surface area contributed by atoms with Gasteiger partial charge in [-0.05, 0) is 117 Å². The number of hydrogen-bond acceptors (Lipinski definition) is 18. The summed E-state index contributed by atoms with van der Waals surface area (Å²) in [7, 11) is 3.01. The van der Waals surface area contributed by atoms with Gasteiger partial charge in [-0.15, -0.1) is 0 Å². The number of nitrogens with zero attached hydrogens (tertiary/aromatic N) is 2. The zero-order chi connectivity index (χ0) is 57.6. The van der Waals surface area contributed by atoms with E-state index < -0.39 is 35.2 Å². The van der Waals surface area contributed by atoms with E-state index in [1.165, 1.54) is 36.9 Å². The molecule has 0 radical (unpaired) electrons. The van der Waals surface area contributed by atoms with Crippen molar-refractivity contribution < 1.29 is 57.1 Å². The molecular formula is C58H56Cl4N4O12S4. The molecule has 6 heterocycles. The van der Waals surface area contributed by atoms with Crippen LogP contribution in [0, 0.1) is 0 Å². The van der Waals surface area contributed by atoms with Crippen LogP contribution in [0.2, 0.25) is 20.1 Å². The second-order valence-corrected chi connectivity index (χ2v) is 24.0. The van der Waals surface area contributed by atoms with Crippen molar-refractivity contribution in [2.75, 3.05) is 103 Å². The maximum absolute atomic E-state index is 13.9. The minimum absolute atomic E-state index is 0.0100. The van der Waals surface area contributed by atoms with Gasteiger partial charge in [0.2, 0.25) is 0 Å². The van der Waals surface area contributed by atoms with Crippen LogP contribution in [-0.4, -0.2) is 117 Å². The molecule has 82 heavy (non-hydrogen) atoms. The monoisotopic (exact) mass is 1270 g/mol. The summed E-state index contributed by atoms with van der Waals surface area (Å²) >= 11 is 30.5. The number of methoxy groups -OCH3 is 2. The van der Waals surface area contributed by atoms with E-state index in [1.54, 1.807) is 36.4 Å². The van der Waals surface area contributed by atoms with Crippen LogP contribution in [0.5, 0.6) is 0 Å². The summed E-state index contributed by atoms with van der Waals surface area (Å²) in [5.74, 6) is -0.498. The summed E-state index contributed by atoms with van der Waals surface area (Å²) in [4.78, 5) is 59.3. The number of hydrogen-bond donors (Lipinski definition) is 2. The van der Waals surface area contributed by atoms with Crippen molar-refractivity contribution >= 4 is 128 Å². The van der Waals surface area contributed by atoms with Crippen LogP contribution in [-0.2, 0) is 58.6 Å². The Kier molecular flexibility index (Phi) is 21.5. The van der Waals surface area contributed by atoms with Crippen LogP contribution in [0.1, 0.15) is 35.1 Å². The third-order valence-electron chi connectivity index (χ3n) is 13.6. The smallest absolute Gasteiger partial charge is 0.432 e. The Balaban J connectivity index is 0.000000198. The molecule has 4 aromatic carbocycles. The number of halogens is 4. The number of ether oxygens (including phenoxy) is 8. The number of thioether (sulfide) groups is 2. The lowest BCUT2D eigenvalue weighted by atomic mass is 9.79. The van der Waals surface area contributed by atoms with E-state index in [4.69, 9.17) is 84.3 Å². The van der Waals surface area contributed by atoms with Gasteiger partial charge in [-0.1, -0.05) is 94.2 Å². The van der Waals surface area contributed by atoms with E-state index >= 15 is 0 Å². The van der Waals surface area contributed by atoms with Gasteiger partial charge >= 0.3 is 12.3 Å². The zero-order valence-electron chi connectivity index (χ0n) is 44.4. The van der Waals surface area contributed by atoms with Crippen molar-refractivity contribution in [1.29, 1.82) is 0 Å². The van der Waals surface area contributed by atoms with E-state index in [2.05, 4.69) is 20.4 Å². The van der Waals surface area contributed by atoms with Crippen LogP contribution in [0.4, 0.5) is 21.0 Å². The lowest BCUT2D eigenvalue weighted by Gasteiger charge is -2.39. The number of nitrogens with one attached hydrogen (secondary N) is 2. The first-order valence-corrected chi connectivity index (χ1v) is 30.8. The van der Waals surface area contributed by atoms with E-state index in [-0.39, 0.29) is 60.6 Å². The molecule has 0 unspecified atom stereocenters.